The van der Waals surface area contributed by atoms with Gasteiger partial charge in [0.15, 0.2) is 11.5 Å². The molecule has 0 aromatic heterocycles. The number of methoxy groups -OCH3 is 2. The van der Waals surface area contributed by atoms with Crippen molar-refractivity contribution in [3.63, 3.8) is 0 Å². The van der Waals surface area contributed by atoms with Crippen LogP contribution in [0.25, 0.3) is 0 Å². The Morgan fingerprint density at radius 1 is 1.05 bits per heavy atom. The van der Waals surface area contributed by atoms with Crippen molar-refractivity contribution < 1.29 is 22.3 Å². The van der Waals surface area contributed by atoms with E-state index in [1.807, 2.05) is 7.05 Å². The molecule has 6 nitrogen and oxygen atoms in total. The molecular weight excluding hydrogens is 311 g/mol. The Balaban J connectivity index is 2.40. The van der Waals surface area contributed by atoms with Gasteiger partial charge in [-0.15, -0.1) is 0 Å². The summed E-state index contributed by atoms with van der Waals surface area (Å²) in [4.78, 5) is 1.68. The molecule has 1 aliphatic rings. The Bertz CT molecular complexity index is 636. The Morgan fingerprint density at radius 2 is 1.68 bits per heavy atom. The van der Waals surface area contributed by atoms with Gasteiger partial charge in [-0.25, -0.2) is 12.8 Å². The van der Waals surface area contributed by atoms with Crippen LogP contribution >= 0.6 is 0 Å². The van der Waals surface area contributed by atoms with E-state index in [1.54, 1.807) is 0 Å². The predicted octanol–water partition coefficient (Wildman–Crippen LogP) is 1.17. The van der Waals surface area contributed by atoms with Crippen LogP contribution < -0.4 is 9.47 Å². The van der Waals surface area contributed by atoms with Crippen LogP contribution in [0.15, 0.2) is 17.0 Å². The summed E-state index contributed by atoms with van der Waals surface area (Å²) < 4.78 is 51.0. The summed E-state index contributed by atoms with van der Waals surface area (Å²) in [7, 11) is 0.790. The number of ether oxygens (including phenoxy) is 2. The van der Waals surface area contributed by atoms with Crippen molar-refractivity contribution in [2.45, 2.75) is 11.3 Å². The smallest absolute Gasteiger partial charge is 0.246 e. The van der Waals surface area contributed by atoms with Crippen LogP contribution in [0.2, 0.25) is 0 Å². The van der Waals surface area contributed by atoms with E-state index in [0.29, 0.717) is 26.1 Å². The third-order valence-corrected chi connectivity index (χ3v) is 5.65. The van der Waals surface area contributed by atoms with Gasteiger partial charge in [0.05, 0.1) is 14.2 Å². The van der Waals surface area contributed by atoms with E-state index < -0.39 is 15.8 Å². The topological polar surface area (TPSA) is 59.1 Å². The SMILES string of the molecule is COc1cc(F)c(S(=O)(=O)N2CCCN(C)CC2)cc1OC. The number of halogens is 1. The Labute approximate surface area is 130 Å². The molecule has 22 heavy (non-hydrogen) atoms. The second-order valence-electron chi connectivity index (χ2n) is 5.20. The van der Waals surface area contributed by atoms with Crippen LogP contribution in [-0.4, -0.2) is 65.1 Å². The van der Waals surface area contributed by atoms with Crippen LogP contribution in [0.3, 0.4) is 0 Å². The quantitative estimate of drug-likeness (QED) is 0.828. The van der Waals surface area contributed by atoms with Gasteiger partial charge in [0, 0.05) is 31.8 Å². The highest BCUT2D eigenvalue weighted by molar-refractivity contribution is 7.89. The lowest BCUT2D eigenvalue weighted by Crippen LogP contribution is -2.35. The average molecular weight is 332 g/mol. The van der Waals surface area contributed by atoms with Gasteiger partial charge in [0.25, 0.3) is 0 Å². The maximum Gasteiger partial charge on any atom is 0.246 e. The van der Waals surface area contributed by atoms with Crippen LogP contribution in [0, 0.1) is 5.82 Å². The van der Waals surface area contributed by atoms with E-state index in [-0.39, 0.29) is 16.4 Å². The van der Waals surface area contributed by atoms with Gasteiger partial charge in [0.2, 0.25) is 10.0 Å². The monoisotopic (exact) mass is 332 g/mol. The standard InChI is InChI=1S/C14H21FN2O4S/c1-16-5-4-6-17(8-7-16)22(18,19)14-10-13(21-3)12(20-2)9-11(14)15/h9-10H,4-8H2,1-3H3. The Hall–Kier alpha value is -1.38. The molecule has 1 aromatic rings. The zero-order chi connectivity index (χ0) is 16.3. The summed E-state index contributed by atoms with van der Waals surface area (Å²) >= 11 is 0. The summed E-state index contributed by atoms with van der Waals surface area (Å²) in [6.07, 6.45) is 0.713. The van der Waals surface area contributed by atoms with Crippen LogP contribution in [0.1, 0.15) is 6.42 Å². The number of hydrogen-bond acceptors (Lipinski definition) is 5. The zero-order valence-electron chi connectivity index (χ0n) is 13.0. The molecule has 0 atom stereocenters. The molecule has 0 amide bonds. The van der Waals surface area contributed by atoms with Crippen molar-refractivity contribution in [2.24, 2.45) is 0 Å². The van der Waals surface area contributed by atoms with Crippen LogP contribution in [-0.2, 0) is 10.0 Å². The van der Waals surface area contributed by atoms with Gasteiger partial charge in [0.1, 0.15) is 10.7 Å². The van der Waals surface area contributed by atoms with E-state index in [1.165, 1.54) is 24.6 Å². The fourth-order valence-electron chi connectivity index (χ4n) is 2.44. The first-order valence-corrected chi connectivity index (χ1v) is 8.44. The van der Waals surface area contributed by atoms with Crippen molar-refractivity contribution in [2.75, 3.05) is 47.4 Å². The average Bonchev–Trinajstić information content (AvgIpc) is 2.71. The summed E-state index contributed by atoms with van der Waals surface area (Å²) in [5.74, 6) is -0.487. The molecular formula is C14H21FN2O4S. The minimum Gasteiger partial charge on any atom is -0.493 e. The summed E-state index contributed by atoms with van der Waals surface area (Å²) in [6.45, 7) is 2.15. The Morgan fingerprint density at radius 3 is 2.32 bits per heavy atom. The van der Waals surface area contributed by atoms with Crippen molar-refractivity contribution in [1.29, 1.82) is 0 Å². The molecule has 1 aliphatic heterocycles. The molecule has 1 fully saturated rings. The fraction of sp³-hybridized carbons (Fsp3) is 0.571. The van der Waals surface area contributed by atoms with Crippen molar-refractivity contribution >= 4 is 10.0 Å². The first-order valence-electron chi connectivity index (χ1n) is 7.00. The molecule has 0 unspecified atom stereocenters. The molecule has 0 spiro atoms. The van der Waals surface area contributed by atoms with Gasteiger partial charge in [-0.3, -0.25) is 0 Å². The van der Waals surface area contributed by atoms with E-state index >= 15 is 0 Å². The Kier molecular flexibility index (Phi) is 5.25. The zero-order valence-corrected chi connectivity index (χ0v) is 13.8. The van der Waals surface area contributed by atoms with Crippen LogP contribution in [0.5, 0.6) is 11.5 Å². The number of sulfonamides is 1. The molecule has 1 aromatic carbocycles. The second kappa shape index (κ2) is 6.80. The molecule has 0 radical (unpaired) electrons. The summed E-state index contributed by atoms with van der Waals surface area (Å²) in [5, 5.41) is 0. The molecule has 0 bridgehead atoms. The number of rotatable bonds is 4. The largest absolute Gasteiger partial charge is 0.493 e. The minimum atomic E-state index is -3.90. The number of likely N-dealkylation sites (N-methyl/N-ethyl adjacent to an activating group) is 1. The van der Waals surface area contributed by atoms with E-state index in [0.717, 1.165) is 12.6 Å². The van der Waals surface area contributed by atoms with Crippen LogP contribution in [0.4, 0.5) is 4.39 Å². The molecule has 1 saturated heterocycles. The maximum atomic E-state index is 14.2. The van der Waals surface area contributed by atoms with Gasteiger partial charge < -0.3 is 14.4 Å². The molecule has 0 N–H and O–H groups in total. The highest BCUT2D eigenvalue weighted by Crippen LogP contribution is 2.33. The third kappa shape index (κ3) is 3.34. The highest BCUT2D eigenvalue weighted by atomic mass is 32.2. The maximum absolute atomic E-state index is 14.2. The fourth-order valence-corrected chi connectivity index (χ4v) is 3.97. The van der Waals surface area contributed by atoms with Crippen molar-refractivity contribution in [3.05, 3.63) is 17.9 Å². The minimum absolute atomic E-state index is 0.162. The summed E-state index contributed by atoms with van der Waals surface area (Å²) in [5.41, 5.74) is 0. The summed E-state index contributed by atoms with van der Waals surface area (Å²) in [6, 6.07) is 2.22. The highest BCUT2D eigenvalue weighted by Gasteiger charge is 2.30. The normalized spacial score (nSPS) is 18.0. The van der Waals surface area contributed by atoms with Gasteiger partial charge in [-0.05, 0) is 20.0 Å². The molecule has 0 saturated carbocycles. The number of benzene rings is 1. The second-order valence-corrected chi connectivity index (χ2v) is 7.10. The first-order chi connectivity index (χ1) is 10.4. The lowest BCUT2D eigenvalue weighted by atomic mass is 10.3. The lowest BCUT2D eigenvalue weighted by Gasteiger charge is -2.21. The van der Waals surface area contributed by atoms with Gasteiger partial charge in [-0.2, -0.15) is 4.31 Å². The first kappa shape index (κ1) is 17.0. The predicted molar refractivity (Wildman–Crippen MR) is 80.4 cm³/mol. The van der Waals surface area contributed by atoms with E-state index in [2.05, 4.69) is 4.90 Å². The van der Waals surface area contributed by atoms with E-state index in [9.17, 15) is 12.8 Å². The third-order valence-electron chi connectivity index (χ3n) is 3.73. The molecule has 1 heterocycles. The number of hydrogen-bond donors (Lipinski definition) is 0. The molecule has 0 aliphatic carbocycles. The number of nitrogens with zero attached hydrogens (tertiary/aromatic N) is 2. The van der Waals surface area contributed by atoms with Gasteiger partial charge in [-0.1, -0.05) is 0 Å². The lowest BCUT2D eigenvalue weighted by molar-refractivity contribution is 0.344. The molecule has 2 rings (SSSR count). The van der Waals surface area contributed by atoms with E-state index in [4.69, 9.17) is 9.47 Å². The van der Waals surface area contributed by atoms with Crippen molar-refractivity contribution in [3.8, 4) is 11.5 Å². The molecule has 124 valence electrons. The van der Waals surface area contributed by atoms with Gasteiger partial charge >= 0.3 is 0 Å². The van der Waals surface area contributed by atoms with Crippen molar-refractivity contribution in [1.82, 2.24) is 9.21 Å². The molecule has 8 heteroatoms.